The summed E-state index contributed by atoms with van der Waals surface area (Å²) in [6, 6.07) is 30.2. The van der Waals surface area contributed by atoms with E-state index in [1.165, 1.54) is 80.3 Å². The molecule has 0 amide bonds. The van der Waals surface area contributed by atoms with Crippen LogP contribution in [0.3, 0.4) is 0 Å². The lowest BCUT2D eigenvalue weighted by Crippen LogP contribution is -2.48. The Kier molecular flexibility index (Phi) is 13.4. The van der Waals surface area contributed by atoms with Crippen LogP contribution in [0.2, 0.25) is 0 Å². The minimum absolute atomic E-state index is 0.000284. The van der Waals surface area contributed by atoms with Gasteiger partial charge in [0.1, 0.15) is 69.8 Å². The van der Waals surface area contributed by atoms with E-state index in [9.17, 15) is 52.7 Å². The van der Waals surface area contributed by atoms with Crippen LogP contribution in [-0.2, 0) is 0 Å². The summed E-state index contributed by atoms with van der Waals surface area (Å²) < 4.78 is 176. The lowest BCUT2D eigenvalue weighted by atomic mass is 10.0. The third-order valence-electron chi connectivity index (χ3n) is 12.9. The molecule has 8 aromatic carbocycles. The van der Waals surface area contributed by atoms with Crippen LogP contribution in [0.1, 0.15) is 23.1 Å². The molecule has 1 atom stereocenters. The average Bonchev–Trinajstić information content (AvgIpc) is 2.54. The van der Waals surface area contributed by atoms with Crippen LogP contribution in [-0.4, -0.2) is 46.3 Å². The third kappa shape index (κ3) is 10.6. The molecule has 22 heteroatoms. The molecule has 0 N–H and O–H groups in total. The van der Waals surface area contributed by atoms with Gasteiger partial charge in [0, 0.05) is 82.3 Å². The first kappa shape index (κ1) is 52.3. The number of hydrogen-bond donors (Lipinski definition) is 0. The second kappa shape index (κ2) is 21.0. The Morgan fingerprint density at radius 2 is 0.598 bits per heavy atom. The predicted octanol–water partition coefficient (Wildman–Crippen LogP) is 15.7. The van der Waals surface area contributed by atoms with E-state index in [0.717, 1.165) is 66.7 Å². The maximum atomic E-state index is 14.7. The number of nitrogens with zero attached hydrogens (tertiary/aromatic N) is 10. The Labute approximate surface area is 456 Å². The zero-order chi connectivity index (χ0) is 57.1. The van der Waals surface area contributed by atoms with Gasteiger partial charge in [0.2, 0.25) is 17.9 Å². The number of allylic oxidation sites excluding steroid dienone is 2. The van der Waals surface area contributed by atoms with Gasteiger partial charge in [0.25, 0.3) is 0 Å². The van der Waals surface area contributed by atoms with E-state index >= 15 is 0 Å². The molecule has 0 saturated heterocycles. The van der Waals surface area contributed by atoms with Crippen molar-refractivity contribution in [1.82, 2.24) is 4.90 Å². The van der Waals surface area contributed by atoms with Crippen LogP contribution in [0.4, 0.5) is 98.2 Å². The maximum absolute atomic E-state index is 14.7. The van der Waals surface area contributed by atoms with Gasteiger partial charge in [-0.3, -0.25) is 0 Å². The summed E-state index contributed by atoms with van der Waals surface area (Å²) >= 11 is 0. The summed E-state index contributed by atoms with van der Waals surface area (Å²) in [5.41, 5.74) is 1.12. The summed E-state index contributed by atoms with van der Waals surface area (Å²) in [7, 11) is 0. The van der Waals surface area contributed by atoms with Gasteiger partial charge in [0.05, 0.1) is 28.8 Å². The molecule has 12 rings (SSSR count). The van der Waals surface area contributed by atoms with Crippen LogP contribution in [0.15, 0.2) is 218 Å². The minimum atomic E-state index is -1.06. The Morgan fingerprint density at radius 1 is 0.317 bits per heavy atom. The SMILES string of the molecule is FC1=CC(N(c2ccc(C3=NC4=NC(c5ccc(N(c6cc(F)cc(F)c6)c6cc(F)cc(F)c6)cc5)=NC5=NC(c6ccc(N(c7cc(F)cc(F)c7)c7cc(F)cc(F)c7)cc6)=NC(=N3)N54)cc2)c2cc(F)cc(F)c2)CC(F)=C1. The Hall–Kier alpha value is -10.4. The van der Waals surface area contributed by atoms with Crippen molar-refractivity contribution in [2.45, 2.75) is 12.5 Å². The van der Waals surface area contributed by atoms with Gasteiger partial charge in [-0.15, -0.1) is 0 Å². The number of rotatable bonds is 12. The fourth-order valence-electron chi connectivity index (χ4n) is 9.61. The fourth-order valence-corrected chi connectivity index (χ4v) is 9.61. The molecule has 0 aromatic heterocycles. The summed E-state index contributed by atoms with van der Waals surface area (Å²) in [4.78, 5) is 33.6. The molecule has 0 spiro atoms. The number of halogens is 12. The van der Waals surface area contributed by atoms with Gasteiger partial charge in [0.15, 0.2) is 17.5 Å². The summed E-state index contributed by atoms with van der Waals surface area (Å²) in [6.07, 6.45) is 1.50. The normalized spacial score (nSPS) is 15.5. The van der Waals surface area contributed by atoms with Gasteiger partial charge in [-0.1, -0.05) is 0 Å². The van der Waals surface area contributed by atoms with Crippen molar-refractivity contribution in [1.29, 1.82) is 0 Å². The molecular formula is C60H32F12N10. The Morgan fingerprint density at radius 3 is 0.890 bits per heavy atom. The third-order valence-corrected chi connectivity index (χ3v) is 12.9. The quantitative estimate of drug-likeness (QED) is 0.114. The van der Waals surface area contributed by atoms with E-state index in [4.69, 9.17) is 30.0 Å². The summed E-state index contributed by atoms with van der Waals surface area (Å²) in [5, 5.41) is 0. The van der Waals surface area contributed by atoms with Crippen LogP contribution in [0.25, 0.3) is 0 Å². The number of anilines is 8. The van der Waals surface area contributed by atoms with Crippen molar-refractivity contribution in [3.8, 4) is 0 Å². The lowest BCUT2D eigenvalue weighted by molar-refractivity contribution is 0.530. The molecule has 1 aliphatic carbocycles. The Bertz CT molecular complexity index is 3840. The van der Waals surface area contributed by atoms with Crippen molar-refractivity contribution >= 4 is 80.9 Å². The van der Waals surface area contributed by atoms with Crippen molar-refractivity contribution in [3.05, 3.63) is 262 Å². The van der Waals surface area contributed by atoms with E-state index in [0.29, 0.717) is 53.1 Å². The zero-order valence-electron chi connectivity index (χ0n) is 41.5. The molecule has 4 aliphatic rings. The molecule has 3 heterocycles. The van der Waals surface area contributed by atoms with Crippen molar-refractivity contribution in [3.63, 3.8) is 0 Å². The standard InChI is InChI=1S/C60H32F12N10/c61-34-13-35(62)20-49(19-34)79(50-21-36(63)14-37(64)22-50)46-7-1-31(2-8-46)55-73-58-75-56(32-3-9-47(10-4-32)80(51-23-38(65)15-39(66)24-51)52-25-40(67)16-41(68)26-52)77-60-78-57(76-59(74-55)82(58)60)33-5-11-48(12-6-33)81(53-27-42(69)17-43(70)28-53)54-29-44(71)18-45(72)30-54/h1-29,54H,30H2. The zero-order valence-corrected chi connectivity index (χ0v) is 41.5. The van der Waals surface area contributed by atoms with Crippen LogP contribution >= 0.6 is 0 Å². The molecule has 406 valence electrons. The molecule has 10 nitrogen and oxygen atoms in total. The number of amidine groups is 3. The summed E-state index contributed by atoms with van der Waals surface area (Å²) in [5.74, 6) is -11.4. The van der Waals surface area contributed by atoms with Crippen molar-refractivity contribution in [2.75, 3.05) is 14.7 Å². The maximum Gasteiger partial charge on any atom is 0.243 e. The van der Waals surface area contributed by atoms with Crippen molar-refractivity contribution in [2.24, 2.45) is 30.0 Å². The van der Waals surface area contributed by atoms with Gasteiger partial charge >= 0.3 is 0 Å². The molecule has 82 heavy (non-hydrogen) atoms. The van der Waals surface area contributed by atoms with Crippen molar-refractivity contribution < 1.29 is 52.7 Å². The van der Waals surface area contributed by atoms with E-state index in [-0.39, 0.29) is 87.3 Å². The summed E-state index contributed by atoms with van der Waals surface area (Å²) in [6.45, 7) is 0. The lowest BCUT2D eigenvalue weighted by Gasteiger charge is -2.33. The van der Waals surface area contributed by atoms with Crippen LogP contribution < -0.4 is 14.7 Å². The van der Waals surface area contributed by atoms with E-state index in [2.05, 4.69) is 0 Å². The number of aliphatic imine (C=N–C) groups is 6. The van der Waals surface area contributed by atoms with Crippen LogP contribution in [0, 0.1) is 58.2 Å². The van der Waals surface area contributed by atoms with E-state index in [1.54, 1.807) is 12.1 Å². The van der Waals surface area contributed by atoms with Gasteiger partial charge < -0.3 is 14.7 Å². The van der Waals surface area contributed by atoms with E-state index < -0.39 is 75.9 Å². The molecular weight excluding hydrogens is 1090 g/mol. The highest BCUT2D eigenvalue weighted by molar-refractivity contribution is 6.34. The fraction of sp³-hybridized carbons (Fsp3) is 0.0333. The first-order chi connectivity index (χ1) is 39.4. The predicted molar refractivity (Wildman–Crippen MR) is 287 cm³/mol. The number of benzene rings is 8. The smallest absolute Gasteiger partial charge is 0.243 e. The van der Waals surface area contributed by atoms with Crippen LogP contribution in [0.5, 0.6) is 0 Å². The molecule has 0 saturated carbocycles. The second-order valence-electron chi connectivity index (χ2n) is 18.6. The molecule has 0 bridgehead atoms. The number of hydrogen-bond acceptors (Lipinski definition) is 10. The van der Waals surface area contributed by atoms with Gasteiger partial charge in [-0.2, -0.15) is 30.0 Å². The van der Waals surface area contributed by atoms with Gasteiger partial charge in [-0.05, 0) is 140 Å². The molecule has 1 unspecified atom stereocenters. The second-order valence-corrected chi connectivity index (χ2v) is 18.6. The highest BCUT2D eigenvalue weighted by Gasteiger charge is 2.36. The molecule has 3 aliphatic heterocycles. The topological polar surface area (TPSA) is 87.1 Å². The minimum Gasteiger partial charge on any atom is -0.334 e. The molecule has 8 aromatic rings. The average molecular weight is 1120 g/mol. The van der Waals surface area contributed by atoms with Gasteiger partial charge in [-0.25, -0.2) is 57.6 Å². The highest BCUT2D eigenvalue weighted by Crippen LogP contribution is 2.40. The van der Waals surface area contributed by atoms with E-state index in [1.807, 2.05) is 0 Å². The number of guanidine groups is 3. The Balaban J connectivity index is 0.955. The molecule has 0 radical (unpaired) electrons. The first-order valence-electron chi connectivity index (χ1n) is 24.5. The highest BCUT2D eigenvalue weighted by atomic mass is 19.2. The molecule has 0 fully saturated rings. The first-order valence-corrected chi connectivity index (χ1v) is 24.5. The monoisotopic (exact) mass is 1120 g/mol. The largest absolute Gasteiger partial charge is 0.334 e.